The van der Waals surface area contributed by atoms with Crippen LogP contribution in [0.5, 0.6) is 23.0 Å². The molecule has 8 aromatic carbocycles. The van der Waals surface area contributed by atoms with Crippen LogP contribution in [0.15, 0.2) is 133 Å². The number of phenolic OH excluding ortho intramolecular Hbond substituents is 2. The molecule has 2 heterocycles. The zero-order chi connectivity index (χ0) is 55.6. The molecule has 0 radical (unpaired) electrons. The molecule has 0 unspecified atom stereocenters. The second-order valence-electron chi connectivity index (χ2n) is 24.5. The van der Waals surface area contributed by atoms with E-state index in [0.29, 0.717) is 51.5 Å². The summed E-state index contributed by atoms with van der Waals surface area (Å²) >= 11 is 0. The summed E-state index contributed by atoms with van der Waals surface area (Å²) in [6, 6.07) is 43.1. The molecular formula is C70H74F2N2O4. The first kappa shape index (κ1) is 53.8. The standard InChI is InChI=1S/C70H74F2N2O4/c1-13-16-43-33-56(66(75)62(35-43)73-58-24-18-42(3)32-50(58)51-37-45(68(4,5)6)19-25-59(51)73)54-40-48(71)22-28-64(54)77-30-15-31-78-65-29-23-49(72)41-55(65)57-34-44(17-14-2)36-63(67(57)76)74-60-26-20-46(69(7,8)9)38-52(60)53-39-47(70(10,11)12)21-27-61(53)74/h18-29,32-41,75-76H,13-17,30-31H2,1-12H3. The fraction of sp³-hybridized carbons (Fsp3) is 0.314. The molecular weight excluding hydrogens is 971 g/mol. The van der Waals surface area contributed by atoms with E-state index < -0.39 is 11.6 Å². The van der Waals surface area contributed by atoms with Crippen molar-refractivity contribution in [1.29, 1.82) is 0 Å². The fourth-order valence-corrected chi connectivity index (χ4v) is 11.2. The number of fused-ring (bicyclic) bond motifs is 6. The number of phenols is 2. The zero-order valence-electron chi connectivity index (χ0n) is 47.5. The molecule has 8 heteroatoms. The topological polar surface area (TPSA) is 68.8 Å². The third kappa shape index (κ3) is 10.2. The van der Waals surface area contributed by atoms with Gasteiger partial charge in [0.05, 0.1) is 46.7 Å². The van der Waals surface area contributed by atoms with E-state index in [0.717, 1.165) is 86.0 Å². The predicted molar refractivity (Wildman–Crippen MR) is 320 cm³/mol. The summed E-state index contributed by atoms with van der Waals surface area (Å²) in [6.07, 6.45) is 3.65. The number of aromatic hydroxyl groups is 2. The van der Waals surface area contributed by atoms with Gasteiger partial charge in [-0.2, -0.15) is 0 Å². The minimum atomic E-state index is -0.454. The second-order valence-corrected chi connectivity index (χ2v) is 24.5. The fourth-order valence-electron chi connectivity index (χ4n) is 11.2. The molecule has 78 heavy (non-hydrogen) atoms. The van der Waals surface area contributed by atoms with Crippen LogP contribution in [0.3, 0.4) is 0 Å². The Kier molecular flexibility index (Phi) is 14.3. The number of hydrogen-bond donors (Lipinski definition) is 2. The molecule has 0 bridgehead atoms. The highest BCUT2D eigenvalue weighted by molar-refractivity contribution is 6.11. The highest BCUT2D eigenvalue weighted by Crippen LogP contribution is 2.47. The molecule has 0 atom stereocenters. The summed E-state index contributed by atoms with van der Waals surface area (Å²) < 4.78 is 48.2. The molecule has 0 spiro atoms. The van der Waals surface area contributed by atoms with Gasteiger partial charge in [0, 0.05) is 50.2 Å². The molecule has 2 aromatic heterocycles. The van der Waals surface area contributed by atoms with E-state index in [-0.39, 0.29) is 41.0 Å². The maximum absolute atomic E-state index is 15.5. The molecule has 0 saturated heterocycles. The van der Waals surface area contributed by atoms with Crippen LogP contribution < -0.4 is 9.47 Å². The van der Waals surface area contributed by atoms with E-state index in [1.54, 1.807) is 12.1 Å². The van der Waals surface area contributed by atoms with Gasteiger partial charge in [0.2, 0.25) is 0 Å². The van der Waals surface area contributed by atoms with E-state index in [4.69, 9.17) is 9.47 Å². The lowest BCUT2D eigenvalue weighted by Crippen LogP contribution is -2.10. The third-order valence-corrected chi connectivity index (χ3v) is 15.4. The van der Waals surface area contributed by atoms with Crippen LogP contribution in [0.1, 0.15) is 129 Å². The number of benzene rings is 8. The van der Waals surface area contributed by atoms with Crippen LogP contribution >= 0.6 is 0 Å². The van der Waals surface area contributed by atoms with E-state index in [1.165, 1.54) is 41.0 Å². The van der Waals surface area contributed by atoms with Gasteiger partial charge in [-0.1, -0.05) is 119 Å². The Labute approximate surface area is 458 Å². The summed E-state index contributed by atoms with van der Waals surface area (Å²) in [5.41, 5.74) is 13.5. The maximum Gasteiger partial charge on any atom is 0.147 e. The van der Waals surface area contributed by atoms with E-state index in [1.807, 2.05) is 12.1 Å². The molecule has 0 aliphatic carbocycles. The smallest absolute Gasteiger partial charge is 0.147 e. The predicted octanol–water partition coefficient (Wildman–Crippen LogP) is 18.9. The summed E-state index contributed by atoms with van der Waals surface area (Å²) in [4.78, 5) is 0. The van der Waals surface area contributed by atoms with Crippen LogP contribution in [0.4, 0.5) is 8.78 Å². The first-order valence-corrected chi connectivity index (χ1v) is 27.8. The van der Waals surface area contributed by atoms with E-state index >= 15 is 8.78 Å². The summed E-state index contributed by atoms with van der Waals surface area (Å²) in [5.74, 6) is -0.0287. The van der Waals surface area contributed by atoms with Crippen molar-refractivity contribution in [3.8, 4) is 56.6 Å². The monoisotopic (exact) mass is 1040 g/mol. The van der Waals surface area contributed by atoms with Crippen LogP contribution in [0.25, 0.3) is 77.2 Å². The molecule has 0 amide bonds. The lowest BCUT2D eigenvalue weighted by Gasteiger charge is -2.20. The van der Waals surface area contributed by atoms with Crippen LogP contribution in [-0.2, 0) is 29.1 Å². The number of nitrogens with zero attached hydrogens (tertiary/aromatic N) is 2. The van der Waals surface area contributed by atoms with Gasteiger partial charge in [0.15, 0.2) is 0 Å². The molecule has 6 nitrogen and oxygen atoms in total. The van der Waals surface area contributed by atoms with Gasteiger partial charge < -0.3 is 28.8 Å². The molecule has 2 N–H and O–H groups in total. The quantitative estimate of drug-likeness (QED) is 0.107. The lowest BCUT2D eigenvalue weighted by atomic mass is 9.85. The number of aromatic nitrogens is 2. The second kappa shape index (κ2) is 20.7. The molecule has 402 valence electrons. The summed E-state index contributed by atoms with van der Waals surface area (Å²) in [5, 5.41) is 29.5. The van der Waals surface area contributed by atoms with Crippen molar-refractivity contribution in [1.82, 2.24) is 9.13 Å². The average Bonchev–Trinajstić information content (AvgIpc) is 4.04. The van der Waals surface area contributed by atoms with Crippen molar-refractivity contribution in [3.63, 3.8) is 0 Å². The molecule has 0 aliphatic rings. The number of halogens is 2. The molecule has 0 fully saturated rings. The molecule has 0 aliphatic heterocycles. The Morgan fingerprint density at radius 2 is 0.782 bits per heavy atom. The van der Waals surface area contributed by atoms with Crippen molar-refractivity contribution in [2.75, 3.05) is 13.2 Å². The van der Waals surface area contributed by atoms with E-state index in [9.17, 15) is 10.2 Å². The Bertz CT molecular complexity index is 3860. The normalized spacial score (nSPS) is 12.4. The Morgan fingerprint density at radius 3 is 1.14 bits per heavy atom. The third-order valence-electron chi connectivity index (χ3n) is 15.4. The van der Waals surface area contributed by atoms with Crippen molar-refractivity contribution in [2.24, 2.45) is 0 Å². The van der Waals surface area contributed by atoms with Gasteiger partial charge in [0.1, 0.15) is 34.6 Å². The Balaban J connectivity index is 0.970. The van der Waals surface area contributed by atoms with Crippen molar-refractivity contribution >= 4 is 43.6 Å². The average molecular weight is 1050 g/mol. The minimum absolute atomic E-state index is 0.0217. The van der Waals surface area contributed by atoms with Crippen molar-refractivity contribution in [2.45, 2.75) is 131 Å². The first-order chi connectivity index (χ1) is 37.0. The molecule has 0 saturated carbocycles. The minimum Gasteiger partial charge on any atom is -0.505 e. The number of aryl methyl sites for hydroxylation is 3. The number of rotatable bonds is 14. The molecule has 10 aromatic rings. The Morgan fingerprint density at radius 1 is 0.423 bits per heavy atom. The van der Waals surface area contributed by atoms with Crippen molar-refractivity contribution in [3.05, 3.63) is 178 Å². The number of hydrogen-bond acceptors (Lipinski definition) is 4. The number of ether oxygens (including phenoxy) is 2. The summed E-state index contributed by atoms with van der Waals surface area (Å²) in [7, 11) is 0. The first-order valence-electron chi connectivity index (χ1n) is 27.8. The van der Waals surface area contributed by atoms with Gasteiger partial charge in [-0.15, -0.1) is 0 Å². The van der Waals surface area contributed by atoms with Gasteiger partial charge in [-0.05, 0) is 173 Å². The highest BCUT2D eigenvalue weighted by atomic mass is 19.1. The maximum atomic E-state index is 15.5. The van der Waals surface area contributed by atoms with Crippen LogP contribution in [-0.4, -0.2) is 32.6 Å². The Hall–Kier alpha value is -7.58. The van der Waals surface area contributed by atoms with Gasteiger partial charge in [0.25, 0.3) is 0 Å². The van der Waals surface area contributed by atoms with Crippen molar-refractivity contribution < 1.29 is 28.5 Å². The van der Waals surface area contributed by atoms with Gasteiger partial charge in [-0.25, -0.2) is 8.78 Å². The SMILES string of the molecule is CCCc1cc(-c2cc(F)ccc2OCCCOc2ccc(F)cc2-c2cc(CCC)cc(-n3c4ccc(C(C)(C)C)cc4c4cc(C(C)(C)C)ccc43)c2O)c(O)c(-n2c3ccc(C)cc3c3cc(C(C)(C)C)ccc32)c1. The van der Waals surface area contributed by atoms with Crippen LogP contribution in [0, 0.1) is 18.6 Å². The van der Waals surface area contributed by atoms with Gasteiger partial charge in [-0.3, -0.25) is 0 Å². The molecule has 10 rings (SSSR count). The highest BCUT2D eigenvalue weighted by Gasteiger charge is 2.26. The van der Waals surface area contributed by atoms with E-state index in [2.05, 4.69) is 177 Å². The van der Waals surface area contributed by atoms with Crippen LogP contribution in [0.2, 0.25) is 0 Å². The largest absolute Gasteiger partial charge is 0.505 e. The summed E-state index contributed by atoms with van der Waals surface area (Å²) in [6.45, 7) is 26.7. The zero-order valence-corrected chi connectivity index (χ0v) is 47.5. The lowest BCUT2D eigenvalue weighted by molar-refractivity contribution is 0.248. The van der Waals surface area contributed by atoms with Gasteiger partial charge >= 0.3 is 0 Å².